The van der Waals surface area contributed by atoms with Crippen molar-refractivity contribution in [3.05, 3.63) is 0 Å². The van der Waals surface area contributed by atoms with Crippen LogP contribution < -0.4 is 0 Å². The highest BCUT2D eigenvalue weighted by Crippen LogP contribution is 2.24. The third kappa shape index (κ3) is 9.70. The van der Waals surface area contributed by atoms with Gasteiger partial charge in [0.15, 0.2) is 0 Å². The second-order valence-corrected chi connectivity index (χ2v) is 9.93. The summed E-state index contributed by atoms with van der Waals surface area (Å²) in [5.41, 5.74) is 0. The lowest BCUT2D eigenvalue weighted by Crippen LogP contribution is -2.44. The van der Waals surface area contributed by atoms with Crippen LogP contribution in [0.15, 0.2) is 0 Å². The van der Waals surface area contributed by atoms with E-state index in [0.717, 1.165) is 25.1 Å². The van der Waals surface area contributed by atoms with Gasteiger partial charge in [0.05, 0.1) is 0 Å². The molecule has 0 fully saturated rings. The van der Waals surface area contributed by atoms with Crippen molar-refractivity contribution in [1.82, 2.24) is 0 Å². The molecule has 0 radical (unpaired) electrons. The molecule has 3 heteroatoms. The third-order valence-electron chi connectivity index (χ3n) is 4.39. The van der Waals surface area contributed by atoms with Gasteiger partial charge in [-0.05, 0) is 31.4 Å². The zero-order chi connectivity index (χ0) is 16.0. The van der Waals surface area contributed by atoms with Crippen LogP contribution in [0.1, 0.15) is 92.4 Å². The van der Waals surface area contributed by atoms with Gasteiger partial charge >= 0.3 is 8.56 Å². The van der Waals surface area contributed by atoms with Gasteiger partial charge in [-0.15, -0.1) is 0 Å². The van der Waals surface area contributed by atoms with Gasteiger partial charge in [0.2, 0.25) is 0 Å². The predicted octanol–water partition coefficient (Wildman–Crippen LogP) is 6.44. The highest BCUT2D eigenvalue weighted by molar-refractivity contribution is 6.67. The lowest BCUT2D eigenvalue weighted by atomic mass is 10.1. The van der Waals surface area contributed by atoms with Crippen LogP contribution in [0.25, 0.3) is 0 Å². The van der Waals surface area contributed by atoms with Crippen LogP contribution in [0.2, 0.25) is 12.1 Å². The van der Waals surface area contributed by atoms with Crippen molar-refractivity contribution in [1.29, 1.82) is 0 Å². The Kier molecular flexibility index (Phi) is 13.9. The van der Waals surface area contributed by atoms with Gasteiger partial charge in [-0.2, -0.15) is 0 Å². The van der Waals surface area contributed by atoms with Crippen molar-refractivity contribution in [2.24, 2.45) is 0 Å². The Morgan fingerprint density at radius 1 is 0.762 bits per heavy atom. The van der Waals surface area contributed by atoms with Gasteiger partial charge in [0.25, 0.3) is 0 Å². The molecule has 0 bridgehead atoms. The van der Waals surface area contributed by atoms with Crippen molar-refractivity contribution >= 4 is 8.56 Å². The molecule has 0 aromatic rings. The Bertz CT molecular complexity index is 217. The van der Waals surface area contributed by atoms with Crippen LogP contribution in [0.5, 0.6) is 0 Å². The molecule has 1 unspecified atom stereocenters. The summed E-state index contributed by atoms with van der Waals surface area (Å²) in [6.45, 7) is 12.1. The average molecular weight is 317 g/mol. The Morgan fingerprint density at radius 3 is 1.90 bits per heavy atom. The molecular formula is C18H40O2Si. The van der Waals surface area contributed by atoms with E-state index in [4.69, 9.17) is 8.85 Å². The topological polar surface area (TPSA) is 18.5 Å². The van der Waals surface area contributed by atoms with Crippen LogP contribution in [0, 0.1) is 0 Å². The molecule has 2 nitrogen and oxygen atoms in total. The van der Waals surface area contributed by atoms with E-state index in [-0.39, 0.29) is 0 Å². The molecule has 0 N–H and O–H groups in total. The molecule has 0 aromatic heterocycles. The molecule has 0 heterocycles. The molecule has 0 aliphatic rings. The van der Waals surface area contributed by atoms with Crippen molar-refractivity contribution in [2.75, 3.05) is 6.61 Å². The van der Waals surface area contributed by atoms with Gasteiger partial charge in [0, 0.05) is 12.7 Å². The molecule has 0 amide bonds. The first-order valence-corrected chi connectivity index (χ1v) is 11.7. The quantitative estimate of drug-likeness (QED) is 0.255. The monoisotopic (exact) mass is 316 g/mol. The highest BCUT2D eigenvalue weighted by atomic mass is 28.4. The molecule has 0 saturated carbocycles. The fourth-order valence-electron chi connectivity index (χ4n) is 2.77. The van der Waals surface area contributed by atoms with Crippen LogP contribution >= 0.6 is 0 Å². The summed E-state index contributed by atoms with van der Waals surface area (Å²) in [7, 11) is -1.94. The average Bonchev–Trinajstić information content (AvgIpc) is 2.52. The molecular weight excluding hydrogens is 276 g/mol. The third-order valence-corrected chi connectivity index (χ3v) is 8.04. The summed E-state index contributed by atoms with van der Waals surface area (Å²) < 4.78 is 12.8. The first-order valence-electron chi connectivity index (χ1n) is 9.49. The second-order valence-electron chi connectivity index (χ2n) is 6.17. The number of unbranched alkanes of at least 4 members (excludes halogenated alkanes) is 5. The lowest BCUT2D eigenvalue weighted by molar-refractivity contribution is 0.102. The largest absolute Gasteiger partial charge is 0.394 e. The summed E-state index contributed by atoms with van der Waals surface area (Å²) in [4.78, 5) is 0. The van der Waals surface area contributed by atoms with E-state index >= 15 is 0 Å². The van der Waals surface area contributed by atoms with E-state index < -0.39 is 8.56 Å². The van der Waals surface area contributed by atoms with E-state index in [1.165, 1.54) is 51.4 Å². The van der Waals surface area contributed by atoms with Crippen LogP contribution in [0.4, 0.5) is 0 Å². The van der Waals surface area contributed by atoms with E-state index in [1.807, 2.05) is 0 Å². The maximum atomic E-state index is 6.49. The Morgan fingerprint density at radius 2 is 1.38 bits per heavy atom. The summed E-state index contributed by atoms with van der Waals surface area (Å²) in [6, 6.07) is 2.17. The van der Waals surface area contributed by atoms with Gasteiger partial charge in [0.1, 0.15) is 0 Å². The first-order chi connectivity index (χ1) is 10.2. The molecule has 0 aliphatic carbocycles. The molecule has 0 aromatic carbocycles. The first kappa shape index (κ1) is 21.1. The maximum Gasteiger partial charge on any atom is 0.337 e. The van der Waals surface area contributed by atoms with Gasteiger partial charge in [-0.1, -0.05) is 73.1 Å². The Balaban J connectivity index is 4.08. The minimum absolute atomic E-state index is 0.408. The number of rotatable bonds is 15. The fraction of sp³-hybridized carbons (Fsp3) is 1.00. The molecule has 1 atom stereocenters. The van der Waals surface area contributed by atoms with E-state index in [9.17, 15) is 0 Å². The second kappa shape index (κ2) is 13.8. The summed E-state index contributed by atoms with van der Waals surface area (Å²) in [6.07, 6.45) is 11.8. The van der Waals surface area contributed by atoms with Gasteiger partial charge in [-0.25, -0.2) is 0 Å². The fourth-order valence-corrected chi connectivity index (χ4v) is 5.49. The molecule has 0 saturated heterocycles. The van der Waals surface area contributed by atoms with Crippen molar-refractivity contribution in [3.8, 4) is 0 Å². The van der Waals surface area contributed by atoms with Gasteiger partial charge < -0.3 is 8.85 Å². The highest BCUT2D eigenvalue weighted by Gasteiger charge is 2.35. The van der Waals surface area contributed by atoms with Crippen molar-refractivity contribution < 1.29 is 8.85 Å². The minimum Gasteiger partial charge on any atom is -0.394 e. The standard InChI is InChI=1S/C18H40O2Si/c1-6-11-12-13-14-15-17-19-21(9-4,10-5)20-18(8-3)16-7-2/h18H,6-17H2,1-5H3. The summed E-state index contributed by atoms with van der Waals surface area (Å²) in [5, 5.41) is 0. The normalized spacial score (nSPS) is 13.6. The molecule has 0 aliphatic heterocycles. The molecule has 21 heavy (non-hydrogen) atoms. The summed E-state index contributed by atoms with van der Waals surface area (Å²) in [5.74, 6) is 0. The SMILES string of the molecule is CCCCCCCCO[Si](CC)(CC)OC(CC)CCC. The van der Waals surface area contributed by atoms with Crippen molar-refractivity contribution in [3.63, 3.8) is 0 Å². The van der Waals surface area contributed by atoms with Gasteiger partial charge in [-0.3, -0.25) is 0 Å². The molecule has 128 valence electrons. The van der Waals surface area contributed by atoms with E-state index in [0.29, 0.717) is 6.10 Å². The maximum absolute atomic E-state index is 6.49. The zero-order valence-electron chi connectivity index (χ0n) is 15.4. The number of hydrogen-bond donors (Lipinski definition) is 0. The smallest absolute Gasteiger partial charge is 0.337 e. The Hall–Kier alpha value is 0.137. The van der Waals surface area contributed by atoms with E-state index in [1.54, 1.807) is 0 Å². The Labute approximate surface area is 135 Å². The molecule has 0 spiro atoms. The summed E-state index contributed by atoms with van der Waals surface area (Å²) >= 11 is 0. The zero-order valence-corrected chi connectivity index (χ0v) is 16.4. The van der Waals surface area contributed by atoms with Crippen LogP contribution in [0.3, 0.4) is 0 Å². The van der Waals surface area contributed by atoms with Crippen LogP contribution in [-0.4, -0.2) is 21.3 Å². The van der Waals surface area contributed by atoms with Crippen molar-refractivity contribution in [2.45, 2.75) is 111 Å². The minimum atomic E-state index is -1.94. The van der Waals surface area contributed by atoms with E-state index in [2.05, 4.69) is 34.6 Å². The lowest BCUT2D eigenvalue weighted by Gasteiger charge is -2.33. The van der Waals surface area contributed by atoms with Crippen LogP contribution in [-0.2, 0) is 8.85 Å². The molecule has 0 rings (SSSR count). The number of hydrogen-bond acceptors (Lipinski definition) is 2. The predicted molar refractivity (Wildman–Crippen MR) is 96.1 cm³/mol.